The Morgan fingerprint density at radius 1 is 0.727 bits per heavy atom. The van der Waals surface area contributed by atoms with E-state index in [9.17, 15) is 24.9 Å². The SMILES string of the molecule is CCCCCCCC/C=C\CCCCCCCCNC(=O)C(=O)Nc1cc(O)c(O)c(O)c1. The van der Waals surface area contributed by atoms with Crippen LogP contribution in [-0.2, 0) is 9.59 Å². The van der Waals surface area contributed by atoms with Crippen LogP contribution in [0.15, 0.2) is 24.3 Å². The topological polar surface area (TPSA) is 119 Å². The van der Waals surface area contributed by atoms with E-state index < -0.39 is 29.1 Å². The molecule has 1 aromatic rings. The number of hydrogen-bond donors (Lipinski definition) is 5. The number of phenolic OH excluding ortho intramolecular Hbond substituents is 3. The van der Waals surface area contributed by atoms with Gasteiger partial charge in [0.25, 0.3) is 0 Å². The second-order valence-electron chi connectivity index (χ2n) is 8.51. The average molecular weight is 463 g/mol. The molecule has 186 valence electrons. The van der Waals surface area contributed by atoms with Crippen LogP contribution in [0.3, 0.4) is 0 Å². The van der Waals surface area contributed by atoms with Crippen molar-refractivity contribution in [1.82, 2.24) is 5.32 Å². The van der Waals surface area contributed by atoms with Crippen LogP contribution in [0.2, 0.25) is 0 Å². The average Bonchev–Trinajstić information content (AvgIpc) is 2.79. The third-order valence-electron chi connectivity index (χ3n) is 5.51. The predicted octanol–water partition coefficient (Wildman–Crippen LogP) is 5.90. The fraction of sp³-hybridized carbons (Fsp3) is 0.615. The summed E-state index contributed by atoms with van der Waals surface area (Å²) in [5.74, 6) is -3.54. The lowest BCUT2D eigenvalue weighted by Gasteiger charge is -2.08. The Morgan fingerprint density at radius 2 is 1.21 bits per heavy atom. The zero-order valence-electron chi connectivity index (χ0n) is 20.1. The highest BCUT2D eigenvalue weighted by Gasteiger charge is 2.15. The van der Waals surface area contributed by atoms with Crippen LogP contribution in [-0.4, -0.2) is 33.7 Å². The molecule has 0 radical (unpaired) electrons. The number of carbonyl (C=O) groups is 2. The van der Waals surface area contributed by atoms with Crippen LogP contribution < -0.4 is 10.6 Å². The van der Waals surface area contributed by atoms with Crippen molar-refractivity contribution in [3.05, 3.63) is 24.3 Å². The highest BCUT2D eigenvalue weighted by molar-refractivity contribution is 6.39. The van der Waals surface area contributed by atoms with E-state index in [0.29, 0.717) is 6.54 Å². The first-order chi connectivity index (χ1) is 16.0. The standard InChI is InChI=1S/C26H42N2O5/c1-2-3-4-5-6-7-8-9-10-11-12-13-14-15-16-17-18-27-25(32)26(33)28-21-19-22(29)24(31)23(30)20-21/h9-10,19-20,29-31H,2-8,11-18H2,1H3,(H,27,32)(H,28,33)/b10-9-. The van der Waals surface area contributed by atoms with Gasteiger partial charge in [0.1, 0.15) is 0 Å². The minimum Gasteiger partial charge on any atom is -0.504 e. The number of benzene rings is 1. The fourth-order valence-corrected chi connectivity index (χ4v) is 3.52. The van der Waals surface area contributed by atoms with Crippen LogP contribution in [0.4, 0.5) is 5.69 Å². The molecule has 0 aromatic heterocycles. The molecular formula is C26H42N2O5. The van der Waals surface area contributed by atoms with Crippen LogP contribution in [0.1, 0.15) is 96.8 Å². The van der Waals surface area contributed by atoms with Crippen molar-refractivity contribution in [2.75, 3.05) is 11.9 Å². The summed E-state index contributed by atoms with van der Waals surface area (Å²) >= 11 is 0. The Bertz CT molecular complexity index is 710. The highest BCUT2D eigenvalue weighted by atomic mass is 16.3. The zero-order chi connectivity index (χ0) is 24.3. The van der Waals surface area contributed by atoms with E-state index in [0.717, 1.165) is 37.8 Å². The Labute approximate surface area is 198 Å². The summed E-state index contributed by atoms with van der Waals surface area (Å²) in [6.07, 6.45) is 21.6. The number of carbonyl (C=O) groups excluding carboxylic acids is 2. The van der Waals surface area contributed by atoms with Crippen molar-refractivity contribution in [2.45, 2.75) is 96.8 Å². The van der Waals surface area contributed by atoms with Gasteiger partial charge in [-0.3, -0.25) is 9.59 Å². The highest BCUT2D eigenvalue weighted by Crippen LogP contribution is 2.37. The first-order valence-electron chi connectivity index (χ1n) is 12.4. The molecule has 0 fully saturated rings. The first kappa shape index (κ1) is 28.3. The van der Waals surface area contributed by atoms with Gasteiger partial charge in [0.2, 0.25) is 0 Å². The van der Waals surface area contributed by atoms with Crippen LogP contribution >= 0.6 is 0 Å². The van der Waals surface area contributed by atoms with Crippen molar-refractivity contribution in [3.63, 3.8) is 0 Å². The normalized spacial score (nSPS) is 11.1. The Kier molecular flexibility index (Phi) is 15.3. The number of hydrogen-bond acceptors (Lipinski definition) is 5. The van der Waals surface area contributed by atoms with E-state index in [2.05, 4.69) is 29.7 Å². The molecule has 0 saturated heterocycles. The monoisotopic (exact) mass is 462 g/mol. The summed E-state index contributed by atoms with van der Waals surface area (Å²) in [6.45, 7) is 2.66. The minimum absolute atomic E-state index is 0.0141. The maximum Gasteiger partial charge on any atom is 0.313 e. The van der Waals surface area contributed by atoms with E-state index in [1.807, 2.05) is 0 Å². The van der Waals surface area contributed by atoms with Crippen molar-refractivity contribution < 1.29 is 24.9 Å². The molecule has 7 nitrogen and oxygen atoms in total. The van der Waals surface area contributed by atoms with Gasteiger partial charge >= 0.3 is 11.8 Å². The lowest BCUT2D eigenvalue weighted by molar-refractivity contribution is -0.136. The summed E-state index contributed by atoms with van der Waals surface area (Å²) < 4.78 is 0. The Hall–Kier alpha value is -2.70. The van der Waals surface area contributed by atoms with Crippen LogP contribution in [0, 0.1) is 0 Å². The summed E-state index contributed by atoms with van der Waals surface area (Å²) in [6, 6.07) is 2.09. The summed E-state index contributed by atoms with van der Waals surface area (Å²) in [4.78, 5) is 23.7. The molecule has 0 aliphatic carbocycles. The quantitative estimate of drug-likeness (QED) is 0.0649. The predicted molar refractivity (Wildman–Crippen MR) is 133 cm³/mol. The van der Waals surface area contributed by atoms with Crippen molar-refractivity contribution in [2.24, 2.45) is 0 Å². The summed E-state index contributed by atoms with van der Waals surface area (Å²) in [7, 11) is 0. The molecule has 0 aliphatic heterocycles. The molecule has 33 heavy (non-hydrogen) atoms. The van der Waals surface area contributed by atoms with Crippen LogP contribution in [0.5, 0.6) is 17.2 Å². The van der Waals surface area contributed by atoms with Gasteiger partial charge in [-0.1, -0.05) is 76.9 Å². The number of nitrogens with one attached hydrogen (secondary N) is 2. The number of phenols is 3. The lowest BCUT2D eigenvalue weighted by atomic mass is 10.1. The zero-order valence-corrected chi connectivity index (χ0v) is 20.1. The summed E-state index contributed by atoms with van der Waals surface area (Å²) in [5, 5.41) is 33.0. The number of anilines is 1. The molecule has 0 saturated carbocycles. The van der Waals surface area contributed by atoms with Gasteiger partial charge in [0.05, 0.1) is 0 Å². The maximum atomic E-state index is 11.9. The third-order valence-corrected chi connectivity index (χ3v) is 5.51. The van der Waals surface area contributed by atoms with Crippen LogP contribution in [0.25, 0.3) is 0 Å². The molecular weight excluding hydrogens is 420 g/mol. The molecule has 0 aliphatic rings. The van der Waals surface area contributed by atoms with E-state index in [1.54, 1.807) is 0 Å². The minimum atomic E-state index is -0.899. The van der Waals surface area contributed by atoms with Crippen molar-refractivity contribution in [3.8, 4) is 17.2 Å². The molecule has 0 atom stereocenters. The molecule has 0 spiro atoms. The number of amides is 2. The van der Waals surface area contributed by atoms with Crippen molar-refractivity contribution in [1.29, 1.82) is 0 Å². The number of allylic oxidation sites excluding steroid dienone is 2. The molecule has 0 bridgehead atoms. The molecule has 7 heteroatoms. The fourth-order valence-electron chi connectivity index (χ4n) is 3.52. The number of unbranched alkanes of at least 4 members (excludes halogenated alkanes) is 12. The second kappa shape index (κ2) is 17.8. The lowest BCUT2D eigenvalue weighted by Crippen LogP contribution is -2.35. The molecule has 1 aromatic carbocycles. The van der Waals surface area contributed by atoms with Gasteiger partial charge < -0.3 is 26.0 Å². The molecule has 5 N–H and O–H groups in total. The molecule has 0 unspecified atom stereocenters. The van der Waals surface area contributed by atoms with Gasteiger partial charge in [-0.15, -0.1) is 0 Å². The van der Waals surface area contributed by atoms with Gasteiger partial charge in [0, 0.05) is 24.4 Å². The molecule has 2 amide bonds. The maximum absolute atomic E-state index is 11.9. The van der Waals surface area contributed by atoms with Gasteiger partial charge in [-0.2, -0.15) is 0 Å². The second-order valence-corrected chi connectivity index (χ2v) is 8.51. The molecule has 1 rings (SSSR count). The Morgan fingerprint density at radius 3 is 1.76 bits per heavy atom. The Balaban J connectivity index is 1.97. The van der Waals surface area contributed by atoms with Gasteiger partial charge in [-0.25, -0.2) is 0 Å². The number of rotatable bonds is 17. The van der Waals surface area contributed by atoms with E-state index in [4.69, 9.17) is 0 Å². The van der Waals surface area contributed by atoms with Crippen molar-refractivity contribution >= 4 is 17.5 Å². The third kappa shape index (κ3) is 13.4. The first-order valence-corrected chi connectivity index (χ1v) is 12.4. The van der Waals surface area contributed by atoms with E-state index in [-0.39, 0.29) is 5.69 Å². The van der Waals surface area contributed by atoms with E-state index >= 15 is 0 Å². The largest absolute Gasteiger partial charge is 0.504 e. The van der Waals surface area contributed by atoms with Gasteiger partial charge in [0.15, 0.2) is 17.2 Å². The molecule has 0 heterocycles. The smallest absolute Gasteiger partial charge is 0.313 e. The van der Waals surface area contributed by atoms with Gasteiger partial charge in [-0.05, 0) is 32.1 Å². The van der Waals surface area contributed by atoms with E-state index in [1.165, 1.54) is 64.2 Å². The number of aromatic hydroxyl groups is 3. The summed E-state index contributed by atoms with van der Waals surface area (Å²) in [5.41, 5.74) is 0.0141.